The zero-order chi connectivity index (χ0) is 16.7. The number of aromatic nitrogens is 2. The molecule has 0 unspecified atom stereocenters. The molecule has 1 aliphatic heterocycles. The fraction of sp³-hybridized carbons (Fsp3) is 0.111. The monoisotopic (exact) mass is 321 g/mol. The number of ether oxygens (including phenoxy) is 2. The standard InChI is InChI=1S/C18H15N3O3/c1-11-20-15(12-2-4-13(5-3-12)18(19)22)9-21(11)14-6-7-16-17(8-14)24-10-23-16/h2-9H,10H2,1H3,(H2,19,22). The van der Waals surface area contributed by atoms with Gasteiger partial charge in [-0.3, -0.25) is 4.79 Å². The van der Waals surface area contributed by atoms with E-state index in [2.05, 4.69) is 4.98 Å². The summed E-state index contributed by atoms with van der Waals surface area (Å²) in [6.07, 6.45) is 1.95. The van der Waals surface area contributed by atoms with Crippen molar-refractivity contribution in [1.82, 2.24) is 9.55 Å². The first kappa shape index (κ1) is 14.3. The highest BCUT2D eigenvalue weighted by Crippen LogP contribution is 2.34. The number of carbonyl (C=O) groups excluding carboxylic acids is 1. The number of imidazole rings is 1. The SMILES string of the molecule is Cc1nc(-c2ccc(C(N)=O)cc2)cn1-c1ccc2c(c1)OCO2. The molecule has 24 heavy (non-hydrogen) atoms. The van der Waals surface area contributed by atoms with E-state index in [-0.39, 0.29) is 6.79 Å². The number of carbonyl (C=O) groups is 1. The highest BCUT2D eigenvalue weighted by molar-refractivity contribution is 5.93. The lowest BCUT2D eigenvalue weighted by Gasteiger charge is -2.05. The third kappa shape index (κ3) is 2.38. The zero-order valence-electron chi connectivity index (χ0n) is 13.0. The van der Waals surface area contributed by atoms with Gasteiger partial charge >= 0.3 is 0 Å². The van der Waals surface area contributed by atoms with Crippen LogP contribution in [-0.4, -0.2) is 22.3 Å². The predicted octanol–water partition coefficient (Wildman–Crippen LogP) is 2.68. The zero-order valence-corrected chi connectivity index (χ0v) is 13.0. The van der Waals surface area contributed by atoms with Crippen molar-refractivity contribution in [3.63, 3.8) is 0 Å². The van der Waals surface area contributed by atoms with Gasteiger partial charge in [-0.2, -0.15) is 0 Å². The van der Waals surface area contributed by atoms with E-state index in [0.29, 0.717) is 5.56 Å². The second kappa shape index (κ2) is 5.42. The molecule has 0 radical (unpaired) electrons. The lowest BCUT2D eigenvalue weighted by Crippen LogP contribution is -2.10. The summed E-state index contributed by atoms with van der Waals surface area (Å²) >= 11 is 0. The molecule has 0 saturated heterocycles. The van der Waals surface area contributed by atoms with Gasteiger partial charge < -0.3 is 19.8 Å². The van der Waals surface area contributed by atoms with E-state index in [4.69, 9.17) is 15.2 Å². The lowest BCUT2D eigenvalue weighted by atomic mass is 10.1. The largest absolute Gasteiger partial charge is 0.454 e. The molecule has 2 aromatic carbocycles. The average molecular weight is 321 g/mol. The van der Waals surface area contributed by atoms with Gasteiger partial charge in [-0.05, 0) is 31.2 Å². The molecule has 2 heterocycles. The second-order valence-electron chi connectivity index (χ2n) is 5.52. The number of aryl methyl sites for hydroxylation is 1. The van der Waals surface area contributed by atoms with Crippen molar-refractivity contribution in [3.05, 3.63) is 60.0 Å². The van der Waals surface area contributed by atoms with Gasteiger partial charge in [0.15, 0.2) is 11.5 Å². The number of hydrogen-bond acceptors (Lipinski definition) is 4. The summed E-state index contributed by atoms with van der Waals surface area (Å²) < 4.78 is 12.8. The van der Waals surface area contributed by atoms with E-state index >= 15 is 0 Å². The molecule has 0 bridgehead atoms. The van der Waals surface area contributed by atoms with E-state index in [1.807, 2.05) is 48.0 Å². The van der Waals surface area contributed by atoms with Crippen LogP contribution in [0.15, 0.2) is 48.7 Å². The van der Waals surface area contributed by atoms with Crippen molar-refractivity contribution in [2.75, 3.05) is 6.79 Å². The Morgan fingerprint density at radius 1 is 1.12 bits per heavy atom. The van der Waals surface area contributed by atoms with E-state index in [1.165, 1.54) is 0 Å². The van der Waals surface area contributed by atoms with Crippen molar-refractivity contribution in [2.45, 2.75) is 6.92 Å². The molecule has 0 fully saturated rings. The van der Waals surface area contributed by atoms with E-state index in [9.17, 15) is 4.79 Å². The van der Waals surface area contributed by atoms with Crippen LogP contribution in [0.25, 0.3) is 16.9 Å². The van der Waals surface area contributed by atoms with Gasteiger partial charge in [-0.25, -0.2) is 4.98 Å². The minimum atomic E-state index is -0.441. The molecule has 0 spiro atoms. The molecule has 0 saturated carbocycles. The van der Waals surface area contributed by atoms with Crippen LogP contribution >= 0.6 is 0 Å². The Morgan fingerprint density at radius 2 is 1.88 bits per heavy atom. The maximum atomic E-state index is 11.2. The Kier molecular flexibility index (Phi) is 3.23. The topological polar surface area (TPSA) is 79.4 Å². The van der Waals surface area contributed by atoms with E-state index in [0.717, 1.165) is 34.3 Å². The first-order chi connectivity index (χ1) is 11.6. The molecule has 6 heteroatoms. The minimum absolute atomic E-state index is 0.249. The van der Waals surface area contributed by atoms with Crippen LogP contribution in [0.2, 0.25) is 0 Å². The number of nitrogens with zero attached hydrogens (tertiary/aromatic N) is 2. The molecule has 1 aromatic heterocycles. The number of amides is 1. The van der Waals surface area contributed by atoms with E-state index in [1.54, 1.807) is 12.1 Å². The number of rotatable bonds is 3. The fourth-order valence-electron chi connectivity index (χ4n) is 2.71. The first-order valence-corrected chi connectivity index (χ1v) is 7.48. The number of nitrogens with two attached hydrogens (primary N) is 1. The predicted molar refractivity (Wildman–Crippen MR) is 88.4 cm³/mol. The lowest BCUT2D eigenvalue weighted by molar-refractivity contribution is 0.100. The van der Waals surface area contributed by atoms with Crippen molar-refractivity contribution >= 4 is 5.91 Å². The van der Waals surface area contributed by atoms with Crippen molar-refractivity contribution in [1.29, 1.82) is 0 Å². The highest BCUT2D eigenvalue weighted by atomic mass is 16.7. The van der Waals surface area contributed by atoms with Gasteiger partial charge in [-0.1, -0.05) is 12.1 Å². The second-order valence-corrected chi connectivity index (χ2v) is 5.52. The molecular formula is C18H15N3O3. The van der Waals surface area contributed by atoms with Crippen LogP contribution in [0, 0.1) is 6.92 Å². The molecule has 0 atom stereocenters. The summed E-state index contributed by atoms with van der Waals surface area (Å²) in [5.74, 6) is 1.89. The van der Waals surface area contributed by atoms with Crippen molar-refractivity contribution in [3.8, 4) is 28.4 Å². The molecule has 6 nitrogen and oxygen atoms in total. The summed E-state index contributed by atoms with van der Waals surface area (Å²) in [6, 6.07) is 12.9. The van der Waals surface area contributed by atoms with Crippen LogP contribution in [0.3, 0.4) is 0 Å². The van der Waals surface area contributed by atoms with Crippen molar-refractivity contribution in [2.24, 2.45) is 5.73 Å². The molecule has 0 aliphatic carbocycles. The molecule has 120 valence electrons. The smallest absolute Gasteiger partial charge is 0.248 e. The minimum Gasteiger partial charge on any atom is -0.454 e. The summed E-state index contributed by atoms with van der Waals surface area (Å²) in [5.41, 5.74) is 8.44. The fourth-order valence-corrected chi connectivity index (χ4v) is 2.71. The Bertz CT molecular complexity index is 929. The van der Waals surface area contributed by atoms with Gasteiger partial charge in [-0.15, -0.1) is 0 Å². The number of fused-ring (bicyclic) bond motifs is 1. The number of primary amides is 1. The van der Waals surface area contributed by atoms with Crippen molar-refractivity contribution < 1.29 is 14.3 Å². The summed E-state index contributed by atoms with van der Waals surface area (Å²) in [7, 11) is 0. The Balaban J connectivity index is 1.71. The van der Waals surface area contributed by atoms with Gasteiger partial charge in [0.05, 0.1) is 11.4 Å². The molecule has 3 aromatic rings. The number of hydrogen-bond donors (Lipinski definition) is 1. The third-order valence-corrected chi connectivity index (χ3v) is 3.98. The highest BCUT2D eigenvalue weighted by Gasteiger charge is 2.15. The Morgan fingerprint density at radius 3 is 2.62 bits per heavy atom. The Hall–Kier alpha value is -3.28. The summed E-state index contributed by atoms with van der Waals surface area (Å²) in [6.45, 7) is 2.19. The van der Waals surface area contributed by atoms with Crippen LogP contribution in [0.5, 0.6) is 11.5 Å². The van der Waals surface area contributed by atoms with Gasteiger partial charge in [0, 0.05) is 23.4 Å². The van der Waals surface area contributed by atoms with Gasteiger partial charge in [0.2, 0.25) is 12.7 Å². The van der Waals surface area contributed by atoms with E-state index < -0.39 is 5.91 Å². The molecule has 1 aliphatic rings. The van der Waals surface area contributed by atoms with Gasteiger partial charge in [0.25, 0.3) is 0 Å². The Labute approximate surface area is 138 Å². The van der Waals surface area contributed by atoms with Crippen LogP contribution in [-0.2, 0) is 0 Å². The molecule has 1 amide bonds. The molecule has 2 N–H and O–H groups in total. The van der Waals surface area contributed by atoms with Crippen LogP contribution in [0.4, 0.5) is 0 Å². The van der Waals surface area contributed by atoms with Crippen LogP contribution < -0.4 is 15.2 Å². The third-order valence-electron chi connectivity index (χ3n) is 3.98. The number of benzene rings is 2. The normalized spacial score (nSPS) is 12.4. The molecular weight excluding hydrogens is 306 g/mol. The summed E-state index contributed by atoms with van der Waals surface area (Å²) in [4.78, 5) is 15.8. The van der Waals surface area contributed by atoms with Gasteiger partial charge in [0.1, 0.15) is 5.82 Å². The van der Waals surface area contributed by atoms with Crippen LogP contribution in [0.1, 0.15) is 16.2 Å². The summed E-state index contributed by atoms with van der Waals surface area (Å²) in [5, 5.41) is 0. The first-order valence-electron chi connectivity index (χ1n) is 7.48. The molecule has 4 rings (SSSR count). The maximum absolute atomic E-state index is 11.2. The average Bonchev–Trinajstić information content (AvgIpc) is 3.20. The quantitative estimate of drug-likeness (QED) is 0.804. The maximum Gasteiger partial charge on any atom is 0.248 e.